The van der Waals surface area contributed by atoms with Gasteiger partial charge in [0, 0.05) is 36.5 Å². The Morgan fingerprint density at radius 2 is 1.76 bits per heavy atom. The van der Waals surface area contributed by atoms with Gasteiger partial charge in [0.2, 0.25) is 11.8 Å². The van der Waals surface area contributed by atoms with Crippen molar-refractivity contribution >= 4 is 35.2 Å². The molecule has 3 amide bonds. The average molecular weight is 490 g/mol. The van der Waals surface area contributed by atoms with Crippen LogP contribution in [0.1, 0.15) is 23.2 Å². The Kier molecular flexibility index (Phi) is 7.35. The van der Waals surface area contributed by atoms with E-state index in [0.29, 0.717) is 42.0 Å². The quantitative estimate of drug-likeness (QED) is 0.697. The Hall–Kier alpha value is -3.14. The van der Waals surface area contributed by atoms with Crippen molar-refractivity contribution in [2.45, 2.75) is 18.9 Å². The number of piperidine rings is 1. The number of halogens is 2. The summed E-state index contributed by atoms with van der Waals surface area (Å²) in [6, 6.07) is 9.26. The molecule has 0 saturated carbocycles. The van der Waals surface area contributed by atoms with E-state index in [0.717, 1.165) is 12.1 Å². The minimum Gasteiger partial charge on any atom is -0.497 e. The van der Waals surface area contributed by atoms with E-state index in [4.69, 9.17) is 4.74 Å². The van der Waals surface area contributed by atoms with Crippen LogP contribution in [0.2, 0.25) is 0 Å². The maximum Gasteiger partial charge on any atom is 0.256 e. The Morgan fingerprint density at radius 1 is 1.06 bits per heavy atom. The summed E-state index contributed by atoms with van der Waals surface area (Å²) in [7, 11) is 1.56. The number of carbonyl (C=O) groups excluding carboxylic acids is 3. The predicted octanol–water partition coefficient (Wildman–Crippen LogP) is 3.37. The molecule has 2 aromatic rings. The van der Waals surface area contributed by atoms with Gasteiger partial charge in [-0.25, -0.2) is 8.78 Å². The van der Waals surface area contributed by atoms with Crippen LogP contribution in [0, 0.1) is 17.6 Å². The molecule has 34 heavy (non-hydrogen) atoms. The summed E-state index contributed by atoms with van der Waals surface area (Å²) in [5.74, 6) is -1.22. The summed E-state index contributed by atoms with van der Waals surface area (Å²) in [5, 5.41) is 2.86. The van der Waals surface area contributed by atoms with E-state index >= 15 is 0 Å². The molecule has 4 rings (SSSR count). The van der Waals surface area contributed by atoms with E-state index in [2.05, 4.69) is 5.32 Å². The van der Waals surface area contributed by atoms with Gasteiger partial charge >= 0.3 is 0 Å². The molecule has 0 spiro atoms. The zero-order valence-corrected chi connectivity index (χ0v) is 19.4. The number of amides is 3. The van der Waals surface area contributed by atoms with Crippen LogP contribution in [0.4, 0.5) is 14.5 Å². The van der Waals surface area contributed by atoms with Crippen molar-refractivity contribution < 1.29 is 27.9 Å². The molecule has 1 N–H and O–H groups in total. The first-order valence-corrected chi connectivity index (χ1v) is 12.1. The molecule has 2 fully saturated rings. The summed E-state index contributed by atoms with van der Waals surface area (Å²) in [6.07, 6.45) is 0.836. The van der Waals surface area contributed by atoms with Crippen LogP contribution >= 0.6 is 11.8 Å². The molecular formula is C24H25F2N3O4S. The molecule has 2 aliphatic heterocycles. The summed E-state index contributed by atoms with van der Waals surface area (Å²) < 4.78 is 32.2. The fourth-order valence-corrected chi connectivity index (χ4v) is 5.34. The highest BCUT2D eigenvalue weighted by atomic mass is 32.2. The zero-order valence-electron chi connectivity index (χ0n) is 18.6. The monoisotopic (exact) mass is 489 g/mol. The third-order valence-electron chi connectivity index (χ3n) is 6.12. The number of ether oxygens (including phenoxy) is 1. The van der Waals surface area contributed by atoms with Crippen LogP contribution in [0.5, 0.6) is 5.75 Å². The van der Waals surface area contributed by atoms with Gasteiger partial charge in [0.25, 0.3) is 5.91 Å². The molecular weight excluding hydrogens is 464 g/mol. The Labute approximate surface area is 200 Å². The van der Waals surface area contributed by atoms with Crippen molar-refractivity contribution in [1.29, 1.82) is 0 Å². The van der Waals surface area contributed by atoms with Gasteiger partial charge in [-0.1, -0.05) is 0 Å². The molecule has 2 saturated heterocycles. The first kappa shape index (κ1) is 24.0. The van der Waals surface area contributed by atoms with E-state index in [9.17, 15) is 23.2 Å². The molecule has 2 aromatic carbocycles. The Bertz CT molecular complexity index is 1070. The third-order valence-corrected chi connectivity index (χ3v) is 7.13. The second kappa shape index (κ2) is 10.4. The van der Waals surface area contributed by atoms with E-state index in [1.807, 2.05) is 0 Å². The van der Waals surface area contributed by atoms with E-state index in [1.54, 1.807) is 36.3 Å². The largest absolute Gasteiger partial charge is 0.497 e. The predicted molar refractivity (Wildman–Crippen MR) is 125 cm³/mol. The lowest BCUT2D eigenvalue weighted by molar-refractivity contribution is -0.140. The number of nitrogens with one attached hydrogen (secondary N) is 1. The third kappa shape index (κ3) is 5.16. The van der Waals surface area contributed by atoms with Gasteiger partial charge < -0.3 is 19.9 Å². The number of rotatable bonds is 5. The highest BCUT2D eigenvalue weighted by Gasteiger charge is 2.39. The molecule has 7 nitrogen and oxygen atoms in total. The van der Waals surface area contributed by atoms with Crippen molar-refractivity contribution in [2.24, 2.45) is 5.92 Å². The van der Waals surface area contributed by atoms with Gasteiger partial charge in [0.15, 0.2) is 0 Å². The van der Waals surface area contributed by atoms with E-state index in [-0.39, 0.29) is 36.4 Å². The summed E-state index contributed by atoms with van der Waals surface area (Å²) >= 11 is 1.52. The molecule has 0 aromatic heterocycles. The first-order valence-electron chi connectivity index (χ1n) is 10.9. The highest BCUT2D eigenvalue weighted by molar-refractivity contribution is 7.99. The lowest BCUT2D eigenvalue weighted by Crippen LogP contribution is -2.49. The van der Waals surface area contributed by atoms with Crippen LogP contribution in [0.15, 0.2) is 42.5 Å². The van der Waals surface area contributed by atoms with Crippen LogP contribution in [0.3, 0.4) is 0 Å². The molecule has 180 valence electrons. The van der Waals surface area contributed by atoms with Crippen LogP contribution < -0.4 is 10.1 Å². The topological polar surface area (TPSA) is 79.0 Å². The molecule has 10 heteroatoms. The minimum atomic E-state index is -0.900. The van der Waals surface area contributed by atoms with Crippen LogP contribution in [0.25, 0.3) is 0 Å². The lowest BCUT2D eigenvalue weighted by Gasteiger charge is -2.34. The van der Waals surface area contributed by atoms with Gasteiger partial charge in [0.1, 0.15) is 23.4 Å². The van der Waals surface area contributed by atoms with Gasteiger partial charge in [0.05, 0.1) is 18.6 Å². The van der Waals surface area contributed by atoms with E-state index < -0.39 is 23.6 Å². The van der Waals surface area contributed by atoms with Crippen molar-refractivity contribution in [3.63, 3.8) is 0 Å². The molecule has 1 atom stereocenters. The van der Waals surface area contributed by atoms with Gasteiger partial charge in [-0.3, -0.25) is 14.4 Å². The maximum atomic E-state index is 14.0. The number of likely N-dealkylation sites (tertiary alicyclic amines) is 1. The smallest absolute Gasteiger partial charge is 0.256 e. The molecule has 2 aliphatic rings. The summed E-state index contributed by atoms with van der Waals surface area (Å²) in [5.41, 5.74) is 0.437. The van der Waals surface area contributed by atoms with E-state index in [1.165, 1.54) is 16.7 Å². The molecule has 1 unspecified atom stereocenters. The minimum absolute atomic E-state index is 0.111. The van der Waals surface area contributed by atoms with Crippen molar-refractivity contribution in [1.82, 2.24) is 9.80 Å². The van der Waals surface area contributed by atoms with Gasteiger partial charge in [-0.05, 0) is 49.2 Å². The SMILES string of the molecule is COc1ccc(NC(=O)C2CSCN2C(=O)C2CCN(C(=O)c3ccc(F)cc3F)CC2)cc1. The van der Waals surface area contributed by atoms with Crippen molar-refractivity contribution in [3.8, 4) is 5.75 Å². The summed E-state index contributed by atoms with van der Waals surface area (Å²) in [4.78, 5) is 41.8. The first-order chi connectivity index (χ1) is 16.4. The molecule has 0 aliphatic carbocycles. The van der Waals surface area contributed by atoms with Crippen LogP contribution in [-0.4, -0.2) is 65.4 Å². The number of thioether (sulfide) groups is 1. The van der Waals surface area contributed by atoms with Gasteiger partial charge in [-0.2, -0.15) is 0 Å². The Morgan fingerprint density at radius 3 is 2.41 bits per heavy atom. The number of hydrogen-bond acceptors (Lipinski definition) is 5. The summed E-state index contributed by atoms with van der Waals surface area (Å²) in [6.45, 7) is 0.575. The lowest BCUT2D eigenvalue weighted by atomic mass is 9.94. The highest BCUT2D eigenvalue weighted by Crippen LogP contribution is 2.29. The molecule has 0 radical (unpaired) electrons. The van der Waals surface area contributed by atoms with Crippen molar-refractivity contribution in [3.05, 3.63) is 59.7 Å². The second-order valence-corrected chi connectivity index (χ2v) is 9.23. The second-order valence-electron chi connectivity index (χ2n) is 8.23. The molecule has 0 bridgehead atoms. The van der Waals surface area contributed by atoms with Crippen molar-refractivity contribution in [2.75, 3.05) is 37.1 Å². The van der Waals surface area contributed by atoms with Crippen LogP contribution in [-0.2, 0) is 9.59 Å². The Balaban J connectivity index is 1.34. The number of methoxy groups -OCH3 is 1. The van der Waals surface area contributed by atoms with Gasteiger partial charge in [-0.15, -0.1) is 11.8 Å². The standard InChI is InChI=1S/C24H25F2N3O4S/c1-33-18-5-3-17(4-6-18)27-22(30)21-13-34-14-29(21)23(31)15-8-10-28(11-9-15)24(32)19-7-2-16(25)12-20(19)26/h2-7,12,15,21H,8-11,13-14H2,1H3,(H,27,30). The normalized spacial score (nSPS) is 18.6. The number of carbonyl (C=O) groups is 3. The fourth-order valence-electron chi connectivity index (χ4n) is 4.17. The number of benzene rings is 2. The number of hydrogen-bond donors (Lipinski definition) is 1. The fraction of sp³-hybridized carbons (Fsp3) is 0.375. The number of anilines is 1. The molecule has 2 heterocycles. The maximum absolute atomic E-state index is 14.0. The number of nitrogens with zero attached hydrogens (tertiary/aromatic N) is 2. The zero-order chi connectivity index (χ0) is 24.2. The average Bonchev–Trinajstić information content (AvgIpc) is 3.34.